The van der Waals surface area contributed by atoms with Crippen molar-refractivity contribution >= 4 is 5.97 Å². The number of carbonyl (C=O) groups is 1. The molecule has 5 nitrogen and oxygen atoms in total. The third kappa shape index (κ3) is 3.76. The molecule has 1 atom stereocenters. The monoisotopic (exact) mass is 366 g/mol. The number of esters is 1. The Bertz CT molecular complexity index is 933. The van der Waals surface area contributed by atoms with E-state index in [0.29, 0.717) is 23.5 Å². The summed E-state index contributed by atoms with van der Waals surface area (Å²) in [5, 5.41) is 20.5. The van der Waals surface area contributed by atoms with Crippen LogP contribution in [0.5, 0.6) is 11.5 Å². The van der Waals surface area contributed by atoms with Gasteiger partial charge in [-0.05, 0) is 30.0 Å². The number of aliphatic hydroxyl groups excluding tert-OH is 1. The second-order valence-corrected chi connectivity index (χ2v) is 7.10. The number of fused-ring (bicyclic) bond motifs is 1. The van der Waals surface area contributed by atoms with Gasteiger partial charge in [0.25, 0.3) is 0 Å². The zero-order chi connectivity index (χ0) is 19.6. The number of aromatic hydroxyl groups is 1. The highest BCUT2D eigenvalue weighted by molar-refractivity contribution is 5.92. The summed E-state index contributed by atoms with van der Waals surface area (Å²) in [5.74, 6) is 5.46. The highest BCUT2D eigenvalue weighted by Crippen LogP contribution is 2.41. The Morgan fingerprint density at radius 1 is 1.30 bits per heavy atom. The lowest BCUT2D eigenvalue weighted by atomic mass is 9.78. The van der Waals surface area contributed by atoms with E-state index in [1.165, 1.54) is 19.2 Å². The van der Waals surface area contributed by atoms with E-state index in [-0.39, 0.29) is 16.7 Å². The van der Waals surface area contributed by atoms with Crippen LogP contribution in [0.25, 0.3) is 0 Å². The fourth-order valence-corrected chi connectivity index (χ4v) is 3.13. The van der Waals surface area contributed by atoms with Crippen LogP contribution in [0.15, 0.2) is 36.4 Å². The Morgan fingerprint density at radius 2 is 2.07 bits per heavy atom. The number of phenolic OH excluding ortho intramolecular Hbond substituents is 1. The number of phenols is 1. The second kappa shape index (κ2) is 7.34. The minimum atomic E-state index is -1.03. The van der Waals surface area contributed by atoms with Gasteiger partial charge in [-0.25, -0.2) is 4.79 Å². The summed E-state index contributed by atoms with van der Waals surface area (Å²) >= 11 is 0. The lowest BCUT2D eigenvalue weighted by molar-refractivity contribution is 0.0597. The molecule has 0 aromatic heterocycles. The van der Waals surface area contributed by atoms with Gasteiger partial charge in [-0.3, -0.25) is 0 Å². The molecule has 2 aromatic rings. The van der Waals surface area contributed by atoms with Crippen LogP contribution >= 0.6 is 0 Å². The molecule has 0 fully saturated rings. The maximum absolute atomic E-state index is 11.5. The lowest BCUT2D eigenvalue weighted by Gasteiger charge is -2.33. The fourth-order valence-electron chi connectivity index (χ4n) is 3.13. The number of hydrogen-bond donors (Lipinski definition) is 2. The predicted molar refractivity (Wildman–Crippen MR) is 101 cm³/mol. The average molecular weight is 366 g/mol. The smallest absolute Gasteiger partial charge is 0.341 e. The fraction of sp³-hybridized carbons (Fsp3) is 0.318. The molecular formula is C22H22O5. The number of benzene rings is 2. The molecule has 0 spiro atoms. The third-order valence-corrected chi connectivity index (χ3v) is 4.80. The van der Waals surface area contributed by atoms with Crippen molar-refractivity contribution in [3.05, 3.63) is 58.7 Å². The van der Waals surface area contributed by atoms with Crippen molar-refractivity contribution in [1.82, 2.24) is 0 Å². The van der Waals surface area contributed by atoms with Crippen molar-refractivity contribution in [2.45, 2.75) is 31.8 Å². The lowest BCUT2D eigenvalue weighted by Crippen LogP contribution is -2.27. The number of para-hydroxylation sites is 1. The van der Waals surface area contributed by atoms with Crippen LogP contribution in [0, 0.1) is 11.8 Å². The zero-order valence-corrected chi connectivity index (χ0v) is 15.6. The summed E-state index contributed by atoms with van der Waals surface area (Å²) in [6, 6.07) is 10.1. The van der Waals surface area contributed by atoms with Gasteiger partial charge in [-0.2, -0.15) is 0 Å². The van der Waals surface area contributed by atoms with E-state index >= 15 is 0 Å². The molecule has 0 bridgehead atoms. The number of ether oxygens (including phenoxy) is 2. The number of carbonyl (C=O) groups excluding carboxylic acids is 1. The molecule has 0 radical (unpaired) electrons. The van der Waals surface area contributed by atoms with E-state index in [1.807, 2.05) is 12.1 Å². The Morgan fingerprint density at radius 3 is 2.78 bits per heavy atom. The van der Waals surface area contributed by atoms with Crippen molar-refractivity contribution in [2.75, 3.05) is 13.7 Å². The SMILES string of the molecule is COC(=O)c1ccc(C#CC(O)c2cccc3c2OCCC3(C)C)cc1O. The topological polar surface area (TPSA) is 76.0 Å². The quantitative estimate of drug-likeness (QED) is 0.630. The molecule has 1 aliphatic rings. The van der Waals surface area contributed by atoms with Crippen LogP contribution in [-0.2, 0) is 10.2 Å². The summed E-state index contributed by atoms with van der Waals surface area (Å²) in [7, 11) is 1.25. The van der Waals surface area contributed by atoms with Crippen molar-refractivity contribution in [1.29, 1.82) is 0 Å². The van der Waals surface area contributed by atoms with Crippen molar-refractivity contribution in [2.24, 2.45) is 0 Å². The Labute approximate surface area is 158 Å². The summed E-state index contributed by atoms with van der Waals surface area (Å²) < 4.78 is 10.4. The zero-order valence-electron chi connectivity index (χ0n) is 15.6. The summed E-state index contributed by atoms with van der Waals surface area (Å²) in [6.07, 6.45) is -0.117. The van der Waals surface area contributed by atoms with Gasteiger partial charge in [-0.1, -0.05) is 43.9 Å². The first-order valence-electron chi connectivity index (χ1n) is 8.70. The third-order valence-electron chi connectivity index (χ3n) is 4.80. The standard InChI is InChI=1S/C22H22O5/c1-22(2)11-12-27-20-15(5-4-6-17(20)22)18(23)10-8-14-7-9-16(19(24)13-14)21(25)26-3/h4-7,9,13,18,23-24H,11-12H2,1-3H3. The van der Waals surface area contributed by atoms with Crippen LogP contribution in [0.2, 0.25) is 0 Å². The molecule has 0 amide bonds. The first-order chi connectivity index (χ1) is 12.8. The van der Waals surface area contributed by atoms with Gasteiger partial charge in [0.1, 0.15) is 23.2 Å². The van der Waals surface area contributed by atoms with Crippen molar-refractivity contribution in [3.8, 4) is 23.3 Å². The maximum atomic E-state index is 11.5. The summed E-state index contributed by atoms with van der Waals surface area (Å²) in [5.41, 5.74) is 2.21. The van der Waals surface area contributed by atoms with Crippen LogP contribution in [0.4, 0.5) is 0 Å². The van der Waals surface area contributed by atoms with E-state index in [2.05, 4.69) is 30.4 Å². The average Bonchev–Trinajstić information content (AvgIpc) is 2.65. The normalized spacial score (nSPS) is 15.6. The van der Waals surface area contributed by atoms with Gasteiger partial charge in [0, 0.05) is 16.7 Å². The molecule has 1 aliphatic heterocycles. The Hall–Kier alpha value is -2.97. The minimum absolute atomic E-state index is 0.0216. The molecule has 1 heterocycles. The number of hydrogen-bond acceptors (Lipinski definition) is 5. The highest BCUT2D eigenvalue weighted by Gasteiger charge is 2.31. The molecule has 0 saturated carbocycles. The van der Waals surface area contributed by atoms with E-state index in [9.17, 15) is 15.0 Å². The Balaban J connectivity index is 1.89. The molecule has 2 N–H and O–H groups in total. The number of rotatable bonds is 2. The van der Waals surface area contributed by atoms with E-state index in [1.54, 1.807) is 12.1 Å². The molecular weight excluding hydrogens is 344 g/mol. The second-order valence-electron chi connectivity index (χ2n) is 7.10. The Kier molecular flexibility index (Phi) is 5.11. The summed E-state index contributed by atoms with van der Waals surface area (Å²) in [4.78, 5) is 11.5. The molecule has 27 heavy (non-hydrogen) atoms. The van der Waals surface area contributed by atoms with Crippen molar-refractivity contribution in [3.63, 3.8) is 0 Å². The van der Waals surface area contributed by atoms with Crippen LogP contribution in [0.3, 0.4) is 0 Å². The number of methoxy groups -OCH3 is 1. The molecule has 2 aromatic carbocycles. The highest BCUT2D eigenvalue weighted by atomic mass is 16.5. The van der Waals surface area contributed by atoms with Crippen LogP contribution in [0.1, 0.15) is 53.4 Å². The van der Waals surface area contributed by atoms with Crippen LogP contribution < -0.4 is 4.74 Å². The predicted octanol–water partition coefficient (Wildman–Crippen LogP) is 3.32. The largest absolute Gasteiger partial charge is 0.507 e. The molecule has 140 valence electrons. The number of aliphatic hydroxyl groups is 1. The maximum Gasteiger partial charge on any atom is 0.341 e. The van der Waals surface area contributed by atoms with Crippen LogP contribution in [-0.4, -0.2) is 29.9 Å². The van der Waals surface area contributed by atoms with Crippen molar-refractivity contribution < 1.29 is 24.5 Å². The van der Waals surface area contributed by atoms with E-state index < -0.39 is 12.1 Å². The minimum Gasteiger partial charge on any atom is -0.507 e. The molecule has 1 unspecified atom stereocenters. The molecule has 5 heteroatoms. The molecule has 0 aliphatic carbocycles. The van der Waals surface area contributed by atoms with Gasteiger partial charge >= 0.3 is 5.97 Å². The van der Waals surface area contributed by atoms with E-state index in [4.69, 9.17) is 4.74 Å². The first-order valence-corrected chi connectivity index (χ1v) is 8.70. The summed E-state index contributed by atoms with van der Waals surface area (Å²) in [6.45, 7) is 4.91. The van der Waals surface area contributed by atoms with Gasteiger partial charge < -0.3 is 19.7 Å². The van der Waals surface area contributed by atoms with Gasteiger partial charge in [0.15, 0.2) is 0 Å². The van der Waals surface area contributed by atoms with Gasteiger partial charge in [-0.15, -0.1) is 0 Å². The van der Waals surface area contributed by atoms with Gasteiger partial charge in [0.05, 0.1) is 13.7 Å². The molecule has 0 saturated heterocycles. The first kappa shape index (κ1) is 18.8. The molecule has 3 rings (SSSR count). The van der Waals surface area contributed by atoms with E-state index in [0.717, 1.165) is 12.0 Å². The van der Waals surface area contributed by atoms with Gasteiger partial charge in [0.2, 0.25) is 0 Å².